The summed E-state index contributed by atoms with van der Waals surface area (Å²) in [7, 11) is 0. The first kappa shape index (κ1) is 28.0. The number of carboxylic acids is 1. The molecule has 2 unspecified atom stereocenters. The minimum absolute atomic E-state index is 0.0603. The van der Waals surface area contributed by atoms with Crippen LogP contribution in [0.1, 0.15) is 87.7 Å². The molecule has 9 heteroatoms. The largest absolute Gasteiger partial charge is 0.480 e. The number of rotatable bonds is 7. The van der Waals surface area contributed by atoms with Crippen molar-refractivity contribution in [2.45, 2.75) is 76.6 Å². The van der Waals surface area contributed by atoms with Gasteiger partial charge < -0.3 is 14.6 Å². The van der Waals surface area contributed by atoms with Crippen molar-refractivity contribution in [1.29, 1.82) is 0 Å². The lowest BCUT2D eigenvalue weighted by Gasteiger charge is -2.41. The third-order valence-electron chi connectivity index (χ3n) is 7.57. The van der Waals surface area contributed by atoms with Crippen molar-refractivity contribution in [2.75, 3.05) is 0 Å². The van der Waals surface area contributed by atoms with Gasteiger partial charge in [0.1, 0.15) is 22.3 Å². The first-order valence-corrected chi connectivity index (χ1v) is 14.8. The van der Waals surface area contributed by atoms with Crippen molar-refractivity contribution in [3.8, 4) is 0 Å². The number of benzene rings is 2. The van der Waals surface area contributed by atoms with Crippen LogP contribution in [0.4, 0.5) is 0 Å². The molecular weight excluding hydrogens is 578 g/mol. The lowest BCUT2D eigenvalue weighted by Crippen LogP contribution is -2.53. The number of aliphatic hydroxyl groups is 1. The number of hydrogen-bond acceptors (Lipinski definition) is 7. The second-order valence-corrected chi connectivity index (χ2v) is 13.6. The number of oxazole rings is 1. The number of halogens is 1. The Bertz CT molecular complexity index is 1450. The zero-order chi connectivity index (χ0) is 28.1. The zero-order valence-electron chi connectivity index (χ0n) is 22.8. The van der Waals surface area contributed by atoms with Gasteiger partial charge in [-0.2, -0.15) is 0 Å². The zero-order valence-corrected chi connectivity index (χ0v) is 25.2. The second kappa shape index (κ2) is 10.4. The summed E-state index contributed by atoms with van der Waals surface area (Å²) in [6.45, 7) is 10.4. The van der Waals surface area contributed by atoms with E-state index in [2.05, 4.69) is 41.7 Å². The third-order valence-corrected chi connectivity index (χ3v) is 9.07. The number of fused-ring (bicyclic) bond motifs is 1. The molecule has 0 bridgehead atoms. The van der Waals surface area contributed by atoms with Crippen LogP contribution in [0.3, 0.4) is 0 Å². The van der Waals surface area contributed by atoms with Crippen molar-refractivity contribution in [3.05, 3.63) is 80.5 Å². The van der Waals surface area contributed by atoms with Gasteiger partial charge in [-0.25, -0.2) is 14.9 Å². The molecule has 7 nitrogen and oxygen atoms in total. The van der Waals surface area contributed by atoms with Crippen molar-refractivity contribution in [3.63, 3.8) is 0 Å². The highest BCUT2D eigenvalue weighted by Gasteiger charge is 2.61. The molecule has 1 fully saturated rings. The van der Waals surface area contributed by atoms with Gasteiger partial charge in [-0.3, -0.25) is 4.79 Å². The number of aliphatic hydroxyl groups excluding tert-OH is 1. The van der Waals surface area contributed by atoms with Crippen LogP contribution in [0.15, 0.2) is 62.9 Å². The molecule has 5 rings (SSSR count). The first-order chi connectivity index (χ1) is 18.4. The van der Waals surface area contributed by atoms with Gasteiger partial charge in [-0.15, -0.1) is 11.3 Å². The van der Waals surface area contributed by atoms with E-state index in [0.29, 0.717) is 23.5 Å². The van der Waals surface area contributed by atoms with E-state index >= 15 is 0 Å². The Labute approximate surface area is 241 Å². The topological polar surface area (TPSA) is 99.7 Å². The Balaban J connectivity index is 1.70. The molecular formula is C30H34BrN3O4S. The number of carboxylic acid groups (broad SMARTS) is 1. The Hall–Kier alpha value is -2.59. The van der Waals surface area contributed by atoms with Crippen LogP contribution in [0.5, 0.6) is 0 Å². The molecule has 2 aromatic carbocycles. The molecule has 0 amide bonds. The summed E-state index contributed by atoms with van der Waals surface area (Å²) in [5.41, 5.74) is 1.62. The van der Waals surface area contributed by atoms with Crippen LogP contribution in [-0.4, -0.2) is 36.6 Å². The third kappa shape index (κ3) is 5.06. The van der Waals surface area contributed by atoms with Gasteiger partial charge in [-0.05, 0) is 53.5 Å². The lowest BCUT2D eigenvalue weighted by molar-refractivity contribution is -0.163. The van der Waals surface area contributed by atoms with Crippen LogP contribution in [0.25, 0.3) is 11.1 Å². The smallest absolute Gasteiger partial charge is 0.324 e. The number of likely N-dealkylation sites (tertiary alicyclic amines) is 1. The van der Waals surface area contributed by atoms with Crippen molar-refractivity contribution >= 4 is 44.3 Å². The van der Waals surface area contributed by atoms with E-state index in [-0.39, 0.29) is 17.8 Å². The van der Waals surface area contributed by atoms with Gasteiger partial charge in [0.25, 0.3) is 0 Å². The summed E-state index contributed by atoms with van der Waals surface area (Å²) in [6, 6.07) is 12.8. The SMILES string of the molecule is CC(C)C[C@@]1(C(=O)O)CC(c2nc3ccccc3o2)[C@H](c2nccs2)N1C(O)c1ccc(C(C)(C)C)c(Br)c1. The van der Waals surface area contributed by atoms with Crippen LogP contribution in [0.2, 0.25) is 0 Å². The number of aliphatic carboxylic acids is 1. The maximum absolute atomic E-state index is 13.3. The molecule has 4 atom stereocenters. The number of hydrogen-bond donors (Lipinski definition) is 2. The molecule has 1 aliphatic heterocycles. The van der Waals surface area contributed by atoms with Crippen molar-refractivity contribution in [2.24, 2.45) is 5.92 Å². The molecule has 4 aromatic rings. The lowest BCUT2D eigenvalue weighted by atomic mass is 9.83. The fourth-order valence-corrected chi connectivity index (χ4v) is 7.77. The van der Waals surface area contributed by atoms with E-state index in [0.717, 1.165) is 20.6 Å². The van der Waals surface area contributed by atoms with E-state index in [4.69, 9.17) is 9.40 Å². The molecule has 1 aliphatic rings. The Morgan fingerprint density at radius 1 is 1.26 bits per heavy atom. The van der Waals surface area contributed by atoms with Crippen LogP contribution in [-0.2, 0) is 10.2 Å². The summed E-state index contributed by atoms with van der Waals surface area (Å²) in [5, 5.41) is 25.5. The minimum Gasteiger partial charge on any atom is -0.480 e. The summed E-state index contributed by atoms with van der Waals surface area (Å²) in [5.74, 6) is -0.874. The minimum atomic E-state index is -1.37. The molecule has 39 heavy (non-hydrogen) atoms. The predicted molar refractivity (Wildman–Crippen MR) is 156 cm³/mol. The molecule has 3 heterocycles. The molecule has 0 saturated carbocycles. The standard InChI is InChI=1S/C30H34BrN3O4S/c1-17(2)15-30(28(36)37)16-19(25-33-22-8-6-7-9-23(22)38-25)24(26-32-12-13-39-26)34(30)27(35)18-10-11-20(21(31)14-18)29(3,4)5/h6-14,17,19,24,27,35H,15-16H2,1-5H3,(H,36,37)/t19?,24-,27?,30+/m1/s1. The molecule has 2 aromatic heterocycles. The van der Waals surface area contributed by atoms with E-state index in [1.807, 2.05) is 61.7 Å². The Kier molecular flexibility index (Phi) is 7.47. The van der Waals surface area contributed by atoms with Crippen molar-refractivity contribution in [1.82, 2.24) is 14.9 Å². The summed E-state index contributed by atoms with van der Waals surface area (Å²) in [6.07, 6.45) is 1.09. The molecule has 0 spiro atoms. The van der Waals surface area contributed by atoms with E-state index < -0.39 is 29.7 Å². The average molecular weight is 613 g/mol. The number of nitrogens with zero attached hydrogens (tertiary/aromatic N) is 3. The Morgan fingerprint density at radius 2 is 2.00 bits per heavy atom. The molecule has 0 aliphatic carbocycles. The Morgan fingerprint density at radius 3 is 2.59 bits per heavy atom. The molecule has 0 radical (unpaired) electrons. The maximum atomic E-state index is 13.3. The normalized spacial score (nSPS) is 23.1. The maximum Gasteiger partial charge on any atom is 0.324 e. The van der Waals surface area contributed by atoms with Gasteiger partial charge >= 0.3 is 5.97 Å². The second-order valence-electron chi connectivity index (χ2n) is 11.9. The molecule has 2 N–H and O–H groups in total. The highest BCUT2D eigenvalue weighted by Crippen LogP contribution is 2.57. The first-order valence-electron chi connectivity index (χ1n) is 13.2. The van der Waals surface area contributed by atoms with Gasteiger partial charge in [0.15, 0.2) is 5.58 Å². The number of thiazole rings is 1. The van der Waals surface area contributed by atoms with Gasteiger partial charge in [0.2, 0.25) is 5.89 Å². The van der Waals surface area contributed by atoms with Crippen LogP contribution >= 0.6 is 27.3 Å². The van der Waals surface area contributed by atoms with Crippen LogP contribution in [0, 0.1) is 5.92 Å². The van der Waals surface area contributed by atoms with Gasteiger partial charge in [-0.1, -0.05) is 74.8 Å². The quantitative estimate of drug-likeness (QED) is 0.224. The van der Waals surface area contributed by atoms with Gasteiger partial charge in [0.05, 0.1) is 12.0 Å². The summed E-state index contributed by atoms with van der Waals surface area (Å²) >= 11 is 5.14. The van der Waals surface area contributed by atoms with Crippen LogP contribution < -0.4 is 0 Å². The summed E-state index contributed by atoms with van der Waals surface area (Å²) < 4.78 is 7.09. The highest BCUT2D eigenvalue weighted by atomic mass is 79.9. The average Bonchev–Trinajstić information content (AvgIpc) is 3.59. The predicted octanol–water partition coefficient (Wildman–Crippen LogP) is 7.44. The number of aromatic nitrogens is 2. The van der Waals surface area contributed by atoms with E-state index in [1.54, 1.807) is 11.1 Å². The molecule has 1 saturated heterocycles. The van der Waals surface area contributed by atoms with Gasteiger partial charge in [0, 0.05) is 16.0 Å². The summed E-state index contributed by atoms with van der Waals surface area (Å²) in [4.78, 5) is 24.4. The van der Waals surface area contributed by atoms with E-state index in [1.165, 1.54) is 11.3 Å². The fraction of sp³-hybridized carbons (Fsp3) is 0.433. The monoisotopic (exact) mass is 611 g/mol. The fourth-order valence-electron chi connectivity index (χ4n) is 5.98. The molecule has 206 valence electrons. The highest BCUT2D eigenvalue weighted by molar-refractivity contribution is 9.10. The van der Waals surface area contributed by atoms with E-state index in [9.17, 15) is 15.0 Å². The van der Waals surface area contributed by atoms with Crippen molar-refractivity contribution < 1.29 is 19.4 Å². The number of para-hydroxylation sites is 2. The number of carbonyl (C=O) groups is 1.